The van der Waals surface area contributed by atoms with Crippen molar-refractivity contribution in [2.24, 2.45) is 0 Å². The van der Waals surface area contributed by atoms with Crippen molar-refractivity contribution in [3.63, 3.8) is 0 Å². The van der Waals surface area contributed by atoms with Crippen molar-refractivity contribution >= 4 is 23.2 Å². The fourth-order valence-electron chi connectivity index (χ4n) is 2.64. The molecule has 0 radical (unpaired) electrons. The molecule has 6 nitrogen and oxygen atoms in total. The molecule has 2 aromatic carbocycles. The van der Waals surface area contributed by atoms with Gasteiger partial charge in [-0.1, -0.05) is 12.1 Å². The van der Waals surface area contributed by atoms with E-state index in [0.29, 0.717) is 36.6 Å². The first-order valence-electron chi connectivity index (χ1n) is 8.62. The number of hydrogen-bond donors (Lipinski definition) is 2. The first kappa shape index (κ1) is 17.8. The molecule has 1 aliphatic rings. The molecule has 0 fully saturated rings. The monoisotopic (exact) mass is 354 g/mol. The molecule has 1 unspecified atom stereocenters. The van der Waals surface area contributed by atoms with E-state index in [-0.39, 0.29) is 11.8 Å². The molecule has 2 aromatic rings. The third-order valence-electron chi connectivity index (χ3n) is 4.00. The van der Waals surface area contributed by atoms with Crippen LogP contribution in [0.25, 0.3) is 0 Å². The van der Waals surface area contributed by atoms with Crippen LogP contribution in [-0.2, 0) is 9.59 Å². The second-order valence-corrected chi connectivity index (χ2v) is 6.28. The third-order valence-corrected chi connectivity index (χ3v) is 4.00. The quantitative estimate of drug-likeness (QED) is 0.778. The van der Waals surface area contributed by atoms with Crippen molar-refractivity contribution in [3.8, 4) is 11.5 Å². The molecular weight excluding hydrogens is 332 g/mol. The molecule has 0 bridgehead atoms. The zero-order chi connectivity index (χ0) is 18.5. The van der Waals surface area contributed by atoms with E-state index in [1.165, 1.54) is 0 Å². The molecule has 0 saturated carbocycles. The Hall–Kier alpha value is -3.02. The number of carbonyl (C=O) groups excluding carboxylic acids is 2. The molecule has 0 aliphatic carbocycles. The molecule has 3 rings (SSSR count). The van der Waals surface area contributed by atoms with Crippen molar-refractivity contribution in [2.75, 3.05) is 17.2 Å². The Morgan fingerprint density at radius 2 is 2.12 bits per heavy atom. The summed E-state index contributed by atoms with van der Waals surface area (Å²) in [5, 5.41) is 5.59. The van der Waals surface area contributed by atoms with Crippen molar-refractivity contribution in [2.45, 2.75) is 32.8 Å². The van der Waals surface area contributed by atoms with Gasteiger partial charge in [-0.2, -0.15) is 0 Å². The van der Waals surface area contributed by atoms with Crippen LogP contribution >= 0.6 is 0 Å². The molecule has 1 heterocycles. The van der Waals surface area contributed by atoms with Crippen LogP contribution in [0.3, 0.4) is 0 Å². The average molecular weight is 354 g/mol. The minimum atomic E-state index is -0.517. The zero-order valence-corrected chi connectivity index (χ0v) is 14.9. The summed E-state index contributed by atoms with van der Waals surface area (Å²) in [5.41, 5.74) is 2.32. The van der Waals surface area contributed by atoms with Gasteiger partial charge in [-0.3, -0.25) is 9.59 Å². The highest BCUT2D eigenvalue weighted by atomic mass is 16.5. The summed E-state index contributed by atoms with van der Waals surface area (Å²) in [6.45, 7) is 4.17. The summed E-state index contributed by atoms with van der Waals surface area (Å²) in [6, 6.07) is 13.0. The fourth-order valence-corrected chi connectivity index (χ4v) is 2.64. The molecule has 0 aromatic heterocycles. The number of benzene rings is 2. The molecule has 6 heteroatoms. The lowest BCUT2D eigenvalue weighted by Crippen LogP contribution is -2.34. The number of aryl methyl sites for hydroxylation is 1. The largest absolute Gasteiger partial charge is 0.494 e. The van der Waals surface area contributed by atoms with Crippen LogP contribution in [-0.4, -0.2) is 24.5 Å². The van der Waals surface area contributed by atoms with Crippen molar-refractivity contribution in [1.82, 2.24) is 0 Å². The van der Waals surface area contributed by atoms with Gasteiger partial charge in [0.05, 0.1) is 12.3 Å². The summed E-state index contributed by atoms with van der Waals surface area (Å²) in [5.74, 6) is 1.11. The lowest BCUT2D eigenvalue weighted by Gasteiger charge is -2.23. The molecule has 0 spiro atoms. The highest BCUT2D eigenvalue weighted by Crippen LogP contribution is 2.32. The Bertz CT molecular complexity index is 819. The summed E-state index contributed by atoms with van der Waals surface area (Å²) in [7, 11) is 0. The van der Waals surface area contributed by atoms with Crippen LogP contribution in [0.5, 0.6) is 11.5 Å². The van der Waals surface area contributed by atoms with Crippen LogP contribution in [0, 0.1) is 6.92 Å². The Morgan fingerprint density at radius 1 is 1.27 bits per heavy atom. The Morgan fingerprint density at radius 3 is 2.92 bits per heavy atom. The minimum absolute atomic E-state index is 0.103. The van der Waals surface area contributed by atoms with E-state index >= 15 is 0 Å². The van der Waals surface area contributed by atoms with Gasteiger partial charge in [-0.05, 0) is 56.2 Å². The predicted octanol–water partition coefficient (Wildman–Crippen LogP) is 3.51. The van der Waals surface area contributed by atoms with Crippen LogP contribution in [0.2, 0.25) is 0 Å². The van der Waals surface area contributed by atoms with Crippen molar-refractivity contribution < 1.29 is 19.1 Å². The minimum Gasteiger partial charge on any atom is -0.494 e. The maximum Gasteiger partial charge on any atom is 0.265 e. The van der Waals surface area contributed by atoms with Crippen LogP contribution in [0.1, 0.15) is 25.3 Å². The number of nitrogens with one attached hydrogen (secondary N) is 2. The predicted molar refractivity (Wildman–Crippen MR) is 99.7 cm³/mol. The number of fused-ring (bicyclic) bond motifs is 1. The third kappa shape index (κ3) is 4.53. The van der Waals surface area contributed by atoms with Crippen LogP contribution in [0.15, 0.2) is 42.5 Å². The molecule has 0 saturated heterocycles. The van der Waals surface area contributed by atoms with Gasteiger partial charge < -0.3 is 20.1 Å². The molecule has 1 aliphatic heterocycles. The van der Waals surface area contributed by atoms with Crippen molar-refractivity contribution in [3.05, 3.63) is 48.0 Å². The van der Waals surface area contributed by atoms with E-state index in [2.05, 4.69) is 10.6 Å². The molecular formula is C20H22N2O4. The molecule has 1 atom stereocenters. The molecule has 2 N–H and O–H groups in total. The van der Waals surface area contributed by atoms with Gasteiger partial charge in [0.15, 0.2) is 6.10 Å². The van der Waals surface area contributed by atoms with Gasteiger partial charge in [0.2, 0.25) is 5.91 Å². The molecule has 2 amide bonds. The first-order chi connectivity index (χ1) is 12.5. The fraction of sp³-hybridized carbons (Fsp3) is 0.300. The smallest absolute Gasteiger partial charge is 0.265 e. The van der Waals surface area contributed by atoms with E-state index in [4.69, 9.17) is 9.47 Å². The number of ether oxygens (including phenoxy) is 2. The maximum absolute atomic E-state index is 12.1. The van der Waals surface area contributed by atoms with Gasteiger partial charge in [0, 0.05) is 12.1 Å². The van der Waals surface area contributed by atoms with Gasteiger partial charge in [-0.25, -0.2) is 0 Å². The number of hydrogen-bond acceptors (Lipinski definition) is 4. The van der Waals surface area contributed by atoms with Gasteiger partial charge in [0.25, 0.3) is 5.91 Å². The van der Waals surface area contributed by atoms with Crippen LogP contribution in [0.4, 0.5) is 11.4 Å². The van der Waals surface area contributed by atoms with E-state index in [1.54, 1.807) is 25.1 Å². The summed E-state index contributed by atoms with van der Waals surface area (Å²) in [6.07, 6.45) is 0.446. The number of anilines is 2. The first-order valence-corrected chi connectivity index (χ1v) is 8.62. The van der Waals surface area contributed by atoms with E-state index < -0.39 is 6.10 Å². The van der Waals surface area contributed by atoms with E-state index in [9.17, 15) is 9.59 Å². The SMILES string of the molecule is Cc1cccc(OCCCC(=O)Nc2ccc3c(c2)NC(=O)C(C)O3)c1. The Kier molecular flexibility index (Phi) is 5.41. The molecule has 136 valence electrons. The summed E-state index contributed by atoms with van der Waals surface area (Å²) < 4.78 is 11.1. The van der Waals surface area contributed by atoms with Crippen molar-refractivity contribution in [1.29, 1.82) is 0 Å². The zero-order valence-electron chi connectivity index (χ0n) is 14.9. The van der Waals surface area contributed by atoms with Gasteiger partial charge >= 0.3 is 0 Å². The highest BCUT2D eigenvalue weighted by molar-refractivity contribution is 5.99. The number of amides is 2. The van der Waals surface area contributed by atoms with Gasteiger partial charge in [-0.15, -0.1) is 0 Å². The lowest BCUT2D eigenvalue weighted by molar-refractivity contribution is -0.122. The lowest BCUT2D eigenvalue weighted by atomic mass is 10.2. The standard InChI is InChI=1S/C20H22N2O4/c1-13-5-3-6-16(11-13)25-10-4-7-19(23)21-15-8-9-18-17(12-15)22-20(24)14(2)26-18/h3,5-6,8-9,11-12,14H,4,7,10H2,1-2H3,(H,21,23)(H,22,24). The summed E-state index contributed by atoms with van der Waals surface area (Å²) in [4.78, 5) is 23.7. The Labute approximate surface area is 152 Å². The topological polar surface area (TPSA) is 76.7 Å². The Balaban J connectivity index is 1.46. The van der Waals surface area contributed by atoms with E-state index in [0.717, 1.165) is 11.3 Å². The highest BCUT2D eigenvalue weighted by Gasteiger charge is 2.23. The second-order valence-electron chi connectivity index (χ2n) is 6.28. The average Bonchev–Trinajstić information content (AvgIpc) is 2.60. The second kappa shape index (κ2) is 7.91. The normalized spacial score (nSPS) is 15.5. The van der Waals surface area contributed by atoms with Crippen LogP contribution < -0.4 is 20.1 Å². The summed E-state index contributed by atoms with van der Waals surface area (Å²) >= 11 is 0. The number of rotatable bonds is 6. The number of carbonyl (C=O) groups is 2. The van der Waals surface area contributed by atoms with Gasteiger partial charge in [0.1, 0.15) is 11.5 Å². The van der Waals surface area contributed by atoms with E-state index in [1.807, 2.05) is 31.2 Å². The molecule has 26 heavy (non-hydrogen) atoms. The maximum atomic E-state index is 12.1.